The maximum absolute atomic E-state index is 12.9. The zero-order chi connectivity index (χ0) is 20.6. The van der Waals surface area contributed by atoms with Crippen LogP contribution in [-0.4, -0.2) is 43.9 Å². The molecule has 0 radical (unpaired) electrons. The monoisotopic (exact) mass is 414 g/mol. The second-order valence-corrected chi connectivity index (χ2v) is 9.83. The van der Waals surface area contributed by atoms with Crippen molar-refractivity contribution in [3.8, 4) is 0 Å². The molecule has 0 saturated carbocycles. The van der Waals surface area contributed by atoms with Crippen LogP contribution in [0.2, 0.25) is 0 Å². The quantitative estimate of drug-likeness (QED) is 0.834. The maximum Gasteiger partial charge on any atom is 0.255 e. The highest BCUT2D eigenvalue weighted by Gasteiger charge is 2.32. The summed E-state index contributed by atoms with van der Waals surface area (Å²) in [6.45, 7) is 4.38. The first-order valence-electron chi connectivity index (χ1n) is 10.0. The number of carbonyl (C=O) groups excluding carboxylic acids is 1. The van der Waals surface area contributed by atoms with Gasteiger partial charge in [-0.2, -0.15) is 4.31 Å². The van der Waals surface area contributed by atoms with E-state index < -0.39 is 10.0 Å². The Morgan fingerprint density at radius 3 is 2.34 bits per heavy atom. The van der Waals surface area contributed by atoms with E-state index in [1.54, 1.807) is 12.1 Å². The van der Waals surface area contributed by atoms with Crippen LogP contribution in [0.4, 0.5) is 5.69 Å². The van der Waals surface area contributed by atoms with Crippen LogP contribution < -0.4 is 5.32 Å². The van der Waals surface area contributed by atoms with Crippen LogP contribution in [-0.2, 0) is 27.6 Å². The Kier molecular flexibility index (Phi) is 5.46. The average Bonchev–Trinajstić information content (AvgIpc) is 3.15. The van der Waals surface area contributed by atoms with Gasteiger partial charge in [0.05, 0.1) is 17.1 Å². The second-order valence-electron chi connectivity index (χ2n) is 7.89. The number of sulfonamides is 1. The summed E-state index contributed by atoms with van der Waals surface area (Å²) in [4.78, 5) is 12.8. The van der Waals surface area contributed by atoms with Gasteiger partial charge in [0.1, 0.15) is 0 Å². The minimum absolute atomic E-state index is 0.147. The van der Waals surface area contributed by atoms with Gasteiger partial charge < -0.3 is 10.1 Å². The molecule has 0 aromatic heterocycles. The number of aryl methyl sites for hydroxylation is 2. The van der Waals surface area contributed by atoms with Gasteiger partial charge in [0.2, 0.25) is 10.0 Å². The number of amides is 1. The van der Waals surface area contributed by atoms with E-state index in [0.717, 1.165) is 24.9 Å². The van der Waals surface area contributed by atoms with Gasteiger partial charge in [-0.15, -0.1) is 0 Å². The van der Waals surface area contributed by atoms with Crippen LogP contribution in [0, 0.1) is 0 Å². The number of morpholine rings is 1. The minimum atomic E-state index is -3.61. The topological polar surface area (TPSA) is 75.7 Å². The second kappa shape index (κ2) is 7.89. The summed E-state index contributed by atoms with van der Waals surface area (Å²) < 4.78 is 32.9. The Labute approximate surface area is 171 Å². The van der Waals surface area contributed by atoms with Gasteiger partial charge in [-0.1, -0.05) is 6.07 Å². The molecule has 1 aliphatic heterocycles. The Morgan fingerprint density at radius 2 is 1.66 bits per heavy atom. The van der Waals surface area contributed by atoms with E-state index >= 15 is 0 Å². The normalized spacial score (nSPS) is 22.3. The minimum Gasteiger partial charge on any atom is -0.373 e. The number of hydrogen-bond donors (Lipinski definition) is 1. The summed E-state index contributed by atoms with van der Waals surface area (Å²) in [5.74, 6) is -0.250. The molecule has 1 saturated heterocycles. The highest BCUT2D eigenvalue weighted by atomic mass is 32.2. The van der Waals surface area contributed by atoms with Crippen LogP contribution in [0.3, 0.4) is 0 Å². The molecule has 0 bridgehead atoms. The van der Waals surface area contributed by atoms with E-state index in [2.05, 4.69) is 11.4 Å². The molecule has 1 heterocycles. The van der Waals surface area contributed by atoms with Crippen molar-refractivity contribution in [1.82, 2.24) is 4.31 Å². The number of rotatable bonds is 4. The van der Waals surface area contributed by atoms with Gasteiger partial charge >= 0.3 is 0 Å². The molecule has 0 spiro atoms. The number of fused-ring (bicyclic) bond motifs is 1. The summed E-state index contributed by atoms with van der Waals surface area (Å²) in [5.41, 5.74) is 3.83. The van der Waals surface area contributed by atoms with Crippen LogP contribution in [0.25, 0.3) is 0 Å². The molecule has 2 aliphatic rings. The van der Waals surface area contributed by atoms with Gasteiger partial charge in [-0.3, -0.25) is 4.79 Å². The van der Waals surface area contributed by atoms with Gasteiger partial charge in [0.25, 0.3) is 5.91 Å². The molecule has 1 fully saturated rings. The lowest BCUT2D eigenvalue weighted by Gasteiger charge is -2.34. The molecular weight excluding hydrogens is 388 g/mol. The van der Waals surface area contributed by atoms with E-state index in [9.17, 15) is 13.2 Å². The Hall–Kier alpha value is -2.22. The molecule has 6 nitrogen and oxygen atoms in total. The zero-order valence-corrected chi connectivity index (χ0v) is 17.5. The van der Waals surface area contributed by atoms with Gasteiger partial charge in [-0.25, -0.2) is 8.42 Å². The highest BCUT2D eigenvalue weighted by Crippen LogP contribution is 2.25. The SMILES string of the molecule is C[C@@H]1CN(S(=O)(=O)c2ccc(C(=O)Nc3ccc4c(c3)CCC4)cc2)C[C@@H](C)O1. The fraction of sp³-hybridized carbons (Fsp3) is 0.409. The zero-order valence-electron chi connectivity index (χ0n) is 16.7. The number of anilines is 1. The molecule has 7 heteroatoms. The van der Waals surface area contributed by atoms with Gasteiger partial charge in [-0.05, 0) is 80.6 Å². The lowest BCUT2D eigenvalue weighted by atomic mass is 10.1. The molecular formula is C22H26N2O4S. The maximum atomic E-state index is 12.9. The Bertz CT molecular complexity index is 1010. The summed E-state index contributed by atoms with van der Waals surface area (Å²) >= 11 is 0. The Morgan fingerprint density at radius 1 is 1.00 bits per heavy atom. The molecule has 2 aromatic rings. The number of nitrogens with one attached hydrogen (secondary N) is 1. The molecule has 4 rings (SSSR count). The Balaban J connectivity index is 1.47. The van der Waals surface area contributed by atoms with Crippen molar-refractivity contribution < 1.29 is 17.9 Å². The van der Waals surface area contributed by atoms with Crippen molar-refractivity contribution in [2.24, 2.45) is 0 Å². The van der Waals surface area contributed by atoms with Crippen molar-refractivity contribution in [2.75, 3.05) is 18.4 Å². The van der Waals surface area contributed by atoms with Crippen molar-refractivity contribution >= 4 is 21.6 Å². The summed E-state index contributed by atoms with van der Waals surface area (Å²) in [6.07, 6.45) is 3.00. The number of carbonyl (C=O) groups is 1. The summed E-state index contributed by atoms with van der Waals surface area (Å²) in [5, 5.41) is 2.91. The largest absolute Gasteiger partial charge is 0.373 e. The van der Waals surface area contributed by atoms with Crippen LogP contribution in [0.5, 0.6) is 0 Å². The van der Waals surface area contributed by atoms with Crippen LogP contribution in [0.1, 0.15) is 41.8 Å². The van der Waals surface area contributed by atoms with Gasteiger partial charge in [0.15, 0.2) is 0 Å². The first-order chi connectivity index (χ1) is 13.8. The number of benzene rings is 2. The number of nitrogens with zero attached hydrogens (tertiary/aromatic N) is 1. The third-order valence-electron chi connectivity index (χ3n) is 5.50. The van der Waals surface area contributed by atoms with Crippen molar-refractivity contribution in [3.05, 3.63) is 59.2 Å². The first kappa shape index (κ1) is 20.1. The predicted molar refractivity (Wildman–Crippen MR) is 112 cm³/mol. The summed E-state index contributed by atoms with van der Waals surface area (Å²) in [7, 11) is -3.61. The number of ether oxygens (including phenoxy) is 1. The molecule has 2 aromatic carbocycles. The first-order valence-corrected chi connectivity index (χ1v) is 11.5. The fourth-order valence-electron chi connectivity index (χ4n) is 4.11. The van der Waals surface area contributed by atoms with E-state index in [4.69, 9.17) is 4.74 Å². The van der Waals surface area contributed by atoms with E-state index in [0.29, 0.717) is 18.7 Å². The van der Waals surface area contributed by atoms with Crippen LogP contribution >= 0.6 is 0 Å². The van der Waals surface area contributed by atoms with Crippen molar-refractivity contribution in [3.63, 3.8) is 0 Å². The fourth-order valence-corrected chi connectivity index (χ4v) is 5.70. The van der Waals surface area contributed by atoms with E-state index in [1.807, 2.05) is 26.0 Å². The van der Waals surface area contributed by atoms with Crippen molar-refractivity contribution in [1.29, 1.82) is 0 Å². The molecule has 29 heavy (non-hydrogen) atoms. The number of hydrogen-bond acceptors (Lipinski definition) is 4. The molecule has 0 unspecified atom stereocenters. The van der Waals surface area contributed by atoms with E-state index in [-0.39, 0.29) is 23.0 Å². The lowest BCUT2D eigenvalue weighted by molar-refractivity contribution is -0.0440. The molecule has 2 atom stereocenters. The van der Waals surface area contributed by atoms with Crippen LogP contribution in [0.15, 0.2) is 47.4 Å². The smallest absolute Gasteiger partial charge is 0.255 e. The molecule has 1 aliphatic carbocycles. The lowest BCUT2D eigenvalue weighted by Crippen LogP contribution is -2.48. The third-order valence-corrected chi connectivity index (χ3v) is 7.34. The standard InChI is InChI=1S/C22H26N2O4S/c1-15-13-24(14-16(2)28-15)29(26,27)21-10-7-18(8-11-21)22(25)23-20-9-6-17-4-3-5-19(17)12-20/h6-12,15-16H,3-5,13-14H2,1-2H3,(H,23,25)/t15-,16-/m1/s1. The molecule has 1 amide bonds. The van der Waals surface area contributed by atoms with E-state index in [1.165, 1.54) is 27.6 Å². The molecule has 1 N–H and O–H groups in total. The third kappa shape index (κ3) is 4.22. The van der Waals surface area contributed by atoms with Crippen molar-refractivity contribution in [2.45, 2.75) is 50.2 Å². The summed E-state index contributed by atoms with van der Waals surface area (Å²) in [6, 6.07) is 12.1. The molecule has 154 valence electrons. The average molecular weight is 415 g/mol. The van der Waals surface area contributed by atoms with Gasteiger partial charge in [0, 0.05) is 24.3 Å². The highest BCUT2D eigenvalue weighted by molar-refractivity contribution is 7.89. The predicted octanol–water partition coefficient (Wildman–Crippen LogP) is 3.23.